The van der Waals surface area contributed by atoms with Crippen molar-refractivity contribution in [1.82, 2.24) is 9.21 Å². The maximum absolute atomic E-state index is 13.6. The molecule has 1 saturated heterocycles. The van der Waals surface area contributed by atoms with Crippen LogP contribution in [0.15, 0.2) is 83.8 Å². The normalized spacial score (nSPS) is 19.4. The van der Waals surface area contributed by atoms with Crippen LogP contribution in [0.5, 0.6) is 5.75 Å². The summed E-state index contributed by atoms with van der Waals surface area (Å²) in [5, 5.41) is 3.40. The molecule has 182 valence electrons. The molecule has 1 atom stereocenters. The van der Waals surface area contributed by atoms with Crippen LogP contribution in [-0.2, 0) is 21.4 Å². The Morgan fingerprint density at radius 2 is 1.57 bits per heavy atom. The summed E-state index contributed by atoms with van der Waals surface area (Å²) in [5.41, 5.74) is 2.27. The van der Waals surface area contributed by atoms with Crippen LogP contribution in [0.3, 0.4) is 0 Å². The number of hydrogen-bond donors (Lipinski definition) is 1. The summed E-state index contributed by atoms with van der Waals surface area (Å²) in [6.45, 7) is 1.82. The van der Waals surface area contributed by atoms with Crippen molar-refractivity contribution in [1.29, 1.82) is 0 Å². The summed E-state index contributed by atoms with van der Waals surface area (Å²) in [6.07, 6.45) is 2.67. The van der Waals surface area contributed by atoms with Gasteiger partial charge >= 0.3 is 0 Å². The SMILES string of the molecule is O=C(COc1ccc([C@H]2Nc3ccccc3S(=O)(=O)N2Cc2ccccc2)cc1)N1CCCCC1. The number of rotatable bonds is 6. The van der Waals surface area contributed by atoms with Crippen molar-refractivity contribution in [2.45, 2.75) is 36.9 Å². The second kappa shape index (κ2) is 10.1. The van der Waals surface area contributed by atoms with Gasteiger partial charge in [-0.3, -0.25) is 4.79 Å². The van der Waals surface area contributed by atoms with Gasteiger partial charge in [0.05, 0.1) is 5.69 Å². The largest absolute Gasteiger partial charge is 0.484 e. The maximum Gasteiger partial charge on any atom is 0.260 e. The molecule has 1 amide bonds. The molecule has 0 bridgehead atoms. The number of benzene rings is 3. The summed E-state index contributed by atoms with van der Waals surface area (Å²) in [5.74, 6) is 0.576. The Bertz CT molecular complexity index is 1270. The van der Waals surface area contributed by atoms with Crippen LogP contribution in [0.2, 0.25) is 0 Å². The number of carbonyl (C=O) groups excluding carboxylic acids is 1. The molecule has 0 aliphatic carbocycles. The molecule has 8 heteroatoms. The summed E-state index contributed by atoms with van der Waals surface area (Å²) in [6, 6.07) is 23.8. The smallest absolute Gasteiger partial charge is 0.260 e. The van der Waals surface area contributed by atoms with E-state index in [1.807, 2.05) is 53.4 Å². The van der Waals surface area contributed by atoms with Gasteiger partial charge in [0, 0.05) is 19.6 Å². The lowest BCUT2D eigenvalue weighted by molar-refractivity contribution is -0.134. The first-order valence-electron chi connectivity index (χ1n) is 11.9. The second-order valence-electron chi connectivity index (χ2n) is 8.88. The Balaban J connectivity index is 1.37. The van der Waals surface area contributed by atoms with Gasteiger partial charge in [-0.2, -0.15) is 4.31 Å². The molecule has 35 heavy (non-hydrogen) atoms. The van der Waals surface area contributed by atoms with Crippen molar-refractivity contribution in [3.63, 3.8) is 0 Å². The third-order valence-corrected chi connectivity index (χ3v) is 8.37. The van der Waals surface area contributed by atoms with Crippen molar-refractivity contribution in [2.24, 2.45) is 0 Å². The van der Waals surface area contributed by atoms with Crippen molar-refractivity contribution in [2.75, 3.05) is 25.0 Å². The van der Waals surface area contributed by atoms with E-state index in [0.29, 0.717) is 11.4 Å². The van der Waals surface area contributed by atoms with E-state index < -0.39 is 16.2 Å². The molecule has 0 unspecified atom stereocenters. The van der Waals surface area contributed by atoms with Gasteiger partial charge in [-0.05, 0) is 54.7 Å². The molecule has 0 spiro atoms. The molecule has 3 aromatic rings. The zero-order valence-corrected chi connectivity index (χ0v) is 20.3. The van der Waals surface area contributed by atoms with Gasteiger partial charge in [-0.1, -0.05) is 54.6 Å². The first kappa shape index (κ1) is 23.4. The third kappa shape index (κ3) is 5.04. The number of nitrogens with one attached hydrogen (secondary N) is 1. The number of piperidine rings is 1. The number of nitrogens with zero attached hydrogens (tertiary/aromatic N) is 2. The van der Waals surface area contributed by atoms with Crippen molar-refractivity contribution in [3.8, 4) is 5.75 Å². The molecule has 2 aliphatic rings. The Morgan fingerprint density at radius 3 is 2.31 bits per heavy atom. The highest BCUT2D eigenvalue weighted by Crippen LogP contribution is 2.39. The van der Waals surface area contributed by atoms with E-state index in [4.69, 9.17) is 4.74 Å². The van der Waals surface area contributed by atoms with Gasteiger partial charge in [0.1, 0.15) is 16.8 Å². The van der Waals surface area contributed by atoms with E-state index >= 15 is 0 Å². The number of likely N-dealkylation sites (tertiary alicyclic amines) is 1. The van der Waals surface area contributed by atoms with Crippen LogP contribution in [0, 0.1) is 0 Å². The number of amides is 1. The van der Waals surface area contributed by atoms with Gasteiger partial charge in [-0.25, -0.2) is 8.42 Å². The standard InChI is InChI=1S/C27H29N3O4S/c31-26(29-17-7-2-8-18-29)20-34-23-15-13-22(14-16-23)27-28-24-11-5-6-12-25(24)35(32,33)30(27)19-21-9-3-1-4-10-21/h1,3-6,9-16,27-28H,2,7-8,17-20H2/t27-/m0/s1. The minimum Gasteiger partial charge on any atom is -0.484 e. The monoisotopic (exact) mass is 491 g/mol. The molecule has 0 aromatic heterocycles. The summed E-state index contributed by atoms with van der Waals surface area (Å²) in [4.78, 5) is 14.5. The fourth-order valence-electron chi connectivity index (χ4n) is 4.61. The molecule has 0 radical (unpaired) electrons. The number of anilines is 1. The summed E-state index contributed by atoms with van der Waals surface area (Å²) in [7, 11) is -3.73. The molecule has 0 saturated carbocycles. The predicted octanol–water partition coefficient (Wildman–Crippen LogP) is 4.39. The number of fused-ring (bicyclic) bond motifs is 1. The summed E-state index contributed by atoms with van der Waals surface area (Å²) < 4.78 is 34.4. The van der Waals surface area contributed by atoms with E-state index in [0.717, 1.165) is 37.1 Å². The zero-order valence-electron chi connectivity index (χ0n) is 19.5. The van der Waals surface area contributed by atoms with Crippen molar-refractivity contribution < 1.29 is 17.9 Å². The molecular weight excluding hydrogens is 462 g/mol. The van der Waals surface area contributed by atoms with Crippen LogP contribution in [0.4, 0.5) is 5.69 Å². The van der Waals surface area contributed by atoms with Gasteiger partial charge in [0.15, 0.2) is 6.61 Å². The summed E-state index contributed by atoms with van der Waals surface area (Å²) >= 11 is 0. The lowest BCUT2D eigenvalue weighted by atomic mass is 10.1. The van der Waals surface area contributed by atoms with Crippen LogP contribution >= 0.6 is 0 Å². The maximum atomic E-state index is 13.6. The van der Waals surface area contributed by atoms with Crippen molar-refractivity contribution >= 4 is 21.6 Å². The highest BCUT2D eigenvalue weighted by molar-refractivity contribution is 7.89. The van der Waals surface area contributed by atoms with E-state index in [9.17, 15) is 13.2 Å². The number of para-hydroxylation sites is 1. The molecule has 1 fully saturated rings. The minimum atomic E-state index is -3.73. The highest BCUT2D eigenvalue weighted by atomic mass is 32.2. The third-order valence-electron chi connectivity index (χ3n) is 6.50. The highest BCUT2D eigenvalue weighted by Gasteiger charge is 2.38. The average Bonchev–Trinajstić information content (AvgIpc) is 2.90. The minimum absolute atomic E-state index is 0.000500. The second-order valence-corrected chi connectivity index (χ2v) is 10.7. The van der Waals surface area contributed by atoms with Crippen molar-refractivity contribution in [3.05, 3.63) is 90.0 Å². The molecule has 3 aromatic carbocycles. The van der Waals surface area contributed by atoms with E-state index in [2.05, 4.69) is 5.32 Å². The molecule has 2 heterocycles. The van der Waals surface area contributed by atoms with Gasteiger partial charge < -0.3 is 15.0 Å². The van der Waals surface area contributed by atoms with Gasteiger partial charge in [0.25, 0.3) is 5.91 Å². The van der Waals surface area contributed by atoms with E-state index in [1.54, 1.807) is 30.3 Å². The number of sulfonamides is 1. The average molecular weight is 492 g/mol. The van der Waals surface area contributed by atoms with E-state index in [-0.39, 0.29) is 24.0 Å². The fourth-order valence-corrected chi connectivity index (χ4v) is 6.29. The van der Waals surface area contributed by atoms with Gasteiger partial charge in [-0.15, -0.1) is 0 Å². The molecular formula is C27H29N3O4S. The van der Waals surface area contributed by atoms with Crippen LogP contribution in [0.1, 0.15) is 36.6 Å². The van der Waals surface area contributed by atoms with Crippen LogP contribution in [0.25, 0.3) is 0 Å². The first-order chi connectivity index (χ1) is 17.0. The Kier molecular flexibility index (Phi) is 6.74. The lowest BCUT2D eigenvalue weighted by Crippen LogP contribution is -2.42. The van der Waals surface area contributed by atoms with E-state index in [1.165, 1.54) is 10.7 Å². The Labute approximate surface area is 206 Å². The quantitative estimate of drug-likeness (QED) is 0.553. The molecule has 1 N–H and O–H groups in total. The Morgan fingerprint density at radius 1 is 0.886 bits per heavy atom. The fraction of sp³-hybridized carbons (Fsp3) is 0.296. The molecule has 5 rings (SSSR count). The predicted molar refractivity (Wildman–Crippen MR) is 134 cm³/mol. The van der Waals surface area contributed by atoms with Gasteiger partial charge in [0.2, 0.25) is 10.0 Å². The topological polar surface area (TPSA) is 78.9 Å². The number of hydrogen-bond acceptors (Lipinski definition) is 5. The molecule has 2 aliphatic heterocycles. The zero-order chi connectivity index (χ0) is 24.3. The number of ether oxygens (including phenoxy) is 1. The first-order valence-corrected chi connectivity index (χ1v) is 13.4. The Hall–Kier alpha value is -3.36. The van der Waals surface area contributed by atoms with Crippen LogP contribution < -0.4 is 10.1 Å². The van der Waals surface area contributed by atoms with Crippen LogP contribution in [-0.4, -0.2) is 43.2 Å². The molecule has 7 nitrogen and oxygen atoms in total. The number of carbonyl (C=O) groups is 1. The lowest BCUT2D eigenvalue weighted by Gasteiger charge is -2.37.